The van der Waals surface area contributed by atoms with Crippen molar-refractivity contribution in [2.24, 2.45) is 0 Å². The minimum Gasteiger partial charge on any atom is -0.390 e. The molecule has 0 radical (unpaired) electrons. The molecule has 4 unspecified atom stereocenters. The van der Waals surface area contributed by atoms with Gasteiger partial charge in [-0.2, -0.15) is 0 Å². The van der Waals surface area contributed by atoms with E-state index >= 15 is 0 Å². The first kappa shape index (κ1) is 14.2. The standard InChI is InChI=1S/C13H24O5/c1-7-10(14)4-5-13(17-7)18-12-6-11(15)8(2)16-9(12)3/h7-15H,4-6H2,1-3H3/t7-,8-,9?,10?,11?,12+,13?/m1/s1. The summed E-state index contributed by atoms with van der Waals surface area (Å²) in [5.74, 6) is 0. The van der Waals surface area contributed by atoms with Gasteiger partial charge in [0, 0.05) is 12.8 Å². The Kier molecular flexibility index (Phi) is 4.61. The molecular formula is C13H24O5. The van der Waals surface area contributed by atoms with Crippen molar-refractivity contribution in [1.29, 1.82) is 0 Å². The quantitative estimate of drug-likeness (QED) is 0.769. The third-order valence-corrected chi connectivity index (χ3v) is 3.90. The van der Waals surface area contributed by atoms with Crippen molar-refractivity contribution >= 4 is 0 Å². The monoisotopic (exact) mass is 260 g/mol. The maximum atomic E-state index is 9.80. The Balaban J connectivity index is 1.85. The van der Waals surface area contributed by atoms with Gasteiger partial charge < -0.3 is 24.4 Å². The Bertz CT molecular complexity index is 272. The van der Waals surface area contributed by atoms with Crippen LogP contribution in [0.2, 0.25) is 0 Å². The molecule has 0 aromatic rings. The molecule has 5 heteroatoms. The molecular weight excluding hydrogens is 236 g/mol. The molecule has 2 fully saturated rings. The van der Waals surface area contributed by atoms with Gasteiger partial charge in [0.05, 0.1) is 36.6 Å². The van der Waals surface area contributed by atoms with Crippen molar-refractivity contribution in [3.63, 3.8) is 0 Å². The molecule has 2 saturated heterocycles. The number of aliphatic hydroxyl groups excluding tert-OH is 2. The second kappa shape index (κ2) is 5.84. The SMILES string of the molecule is CC1O[C@H](C)C(O)C[C@@H]1OC1CCC(O)[C@@H](C)O1. The Labute approximate surface area is 108 Å². The maximum absolute atomic E-state index is 9.80. The third kappa shape index (κ3) is 3.22. The molecule has 2 aliphatic rings. The van der Waals surface area contributed by atoms with Crippen LogP contribution in [-0.4, -0.2) is 53.1 Å². The van der Waals surface area contributed by atoms with Crippen LogP contribution in [0.3, 0.4) is 0 Å². The zero-order chi connectivity index (χ0) is 13.3. The van der Waals surface area contributed by atoms with Crippen molar-refractivity contribution in [2.45, 2.75) is 82.9 Å². The second-order valence-corrected chi connectivity index (χ2v) is 5.44. The van der Waals surface area contributed by atoms with E-state index in [9.17, 15) is 10.2 Å². The summed E-state index contributed by atoms with van der Waals surface area (Å²) in [6.45, 7) is 5.67. The molecule has 0 spiro atoms. The van der Waals surface area contributed by atoms with Crippen LogP contribution in [0.25, 0.3) is 0 Å². The van der Waals surface area contributed by atoms with Crippen LogP contribution in [0.4, 0.5) is 0 Å². The van der Waals surface area contributed by atoms with E-state index in [2.05, 4.69) is 0 Å². The van der Waals surface area contributed by atoms with Crippen LogP contribution in [0.5, 0.6) is 0 Å². The Hall–Kier alpha value is -0.200. The highest BCUT2D eigenvalue weighted by atomic mass is 16.7. The normalized spacial score (nSPS) is 50.2. The fourth-order valence-electron chi connectivity index (χ4n) is 2.54. The lowest BCUT2D eigenvalue weighted by atomic mass is 9.99. The molecule has 0 bridgehead atoms. The Morgan fingerprint density at radius 3 is 2.22 bits per heavy atom. The predicted molar refractivity (Wildman–Crippen MR) is 65.1 cm³/mol. The van der Waals surface area contributed by atoms with Crippen LogP contribution in [0, 0.1) is 0 Å². The third-order valence-electron chi connectivity index (χ3n) is 3.90. The molecule has 5 nitrogen and oxygen atoms in total. The van der Waals surface area contributed by atoms with E-state index in [-0.39, 0.29) is 30.7 Å². The summed E-state index contributed by atoms with van der Waals surface area (Å²) in [5.41, 5.74) is 0. The van der Waals surface area contributed by atoms with Gasteiger partial charge in [-0.25, -0.2) is 0 Å². The highest BCUT2D eigenvalue weighted by Gasteiger charge is 2.36. The van der Waals surface area contributed by atoms with Gasteiger partial charge in [0.15, 0.2) is 6.29 Å². The number of ether oxygens (including phenoxy) is 3. The van der Waals surface area contributed by atoms with Crippen LogP contribution < -0.4 is 0 Å². The van der Waals surface area contributed by atoms with Gasteiger partial charge in [0.2, 0.25) is 0 Å². The largest absolute Gasteiger partial charge is 0.390 e. The summed E-state index contributed by atoms with van der Waals surface area (Å²) < 4.78 is 17.1. The first-order valence-corrected chi connectivity index (χ1v) is 6.80. The summed E-state index contributed by atoms with van der Waals surface area (Å²) in [5, 5.41) is 19.4. The number of aliphatic hydroxyl groups is 2. The van der Waals surface area contributed by atoms with Crippen molar-refractivity contribution < 1.29 is 24.4 Å². The first-order chi connectivity index (χ1) is 8.47. The molecule has 7 atom stereocenters. The van der Waals surface area contributed by atoms with Crippen LogP contribution >= 0.6 is 0 Å². The van der Waals surface area contributed by atoms with Gasteiger partial charge in [-0.1, -0.05) is 0 Å². The van der Waals surface area contributed by atoms with Crippen LogP contribution in [0.1, 0.15) is 40.0 Å². The van der Waals surface area contributed by atoms with E-state index in [1.165, 1.54) is 0 Å². The molecule has 0 saturated carbocycles. The summed E-state index contributed by atoms with van der Waals surface area (Å²) in [6.07, 6.45) is 0.193. The zero-order valence-electron chi connectivity index (χ0n) is 11.3. The first-order valence-electron chi connectivity index (χ1n) is 6.80. The molecule has 0 aliphatic carbocycles. The zero-order valence-corrected chi connectivity index (χ0v) is 11.3. The average molecular weight is 260 g/mol. The number of hydrogen-bond acceptors (Lipinski definition) is 5. The van der Waals surface area contributed by atoms with Gasteiger partial charge in [-0.05, 0) is 27.2 Å². The van der Waals surface area contributed by atoms with Crippen LogP contribution in [-0.2, 0) is 14.2 Å². The van der Waals surface area contributed by atoms with E-state index in [0.717, 1.165) is 0 Å². The molecule has 0 aromatic carbocycles. The van der Waals surface area contributed by atoms with Crippen molar-refractivity contribution in [3.05, 3.63) is 0 Å². The van der Waals surface area contributed by atoms with Gasteiger partial charge >= 0.3 is 0 Å². The summed E-state index contributed by atoms with van der Waals surface area (Å²) in [7, 11) is 0. The minimum absolute atomic E-state index is 0.0471. The van der Waals surface area contributed by atoms with E-state index in [4.69, 9.17) is 14.2 Å². The Morgan fingerprint density at radius 1 is 0.889 bits per heavy atom. The minimum atomic E-state index is -0.488. The predicted octanol–water partition coefficient (Wildman–Crippen LogP) is 0.816. The summed E-state index contributed by atoms with van der Waals surface area (Å²) in [4.78, 5) is 0. The Morgan fingerprint density at radius 2 is 1.56 bits per heavy atom. The van der Waals surface area contributed by atoms with E-state index in [1.807, 2.05) is 20.8 Å². The van der Waals surface area contributed by atoms with E-state index in [0.29, 0.717) is 19.3 Å². The van der Waals surface area contributed by atoms with Gasteiger partial charge in [0.1, 0.15) is 0 Å². The topological polar surface area (TPSA) is 68.2 Å². The van der Waals surface area contributed by atoms with Crippen molar-refractivity contribution in [1.82, 2.24) is 0 Å². The number of rotatable bonds is 2. The van der Waals surface area contributed by atoms with Gasteiger partial charge in [-0.15, -0.1) is 0 Å². The average Bonchev–Trinajstić information content (AvgIpc) is 2.31. The number of hydrogen-bond donors (Lipinski definition) is 2. The lowest BCUT2D eigenvalue weighted by Crippen LogP contribution is -2.48. The van der Waals surface area contributed by atoms with Crippen molar-refractivity contribution in [2.75, 3.05) is 0 Å². The molecule has 0 amide bonds. The van der Waals surface area contributed by atoms with Crippen molar-refractivity contribution in [3.8, 4) is 0 Å². The highest BCUT2D eigenvalue weighted by Crippen LogP contribution is 2.27. The smallest absolute Gasteiger partial charge is 0.158 e. The van der Waals surface area contributed by atoms with E-state index in [1.54, 1.807) is 0 Å². The highest BCUT2D eigenvalue weighted by molar-refractivity contribution is 4.82. The summed E-state index contributed by atoms with van der Waals surface area (Å²) >= 11 is 0. The fraction of sp³-hybridized carbons (Fsp3) is 1.00. The molecule has 106 valence electrons. The molecule has 2 aliphatic heterocycles. The molecule has 18 heavy (non-hydrogen) atoms. The fourth-order valence-corrected chi connectivity index (χ4v) is 2.54. The van der Waals surface area contributed by atoms with Crippen LogP contribution in [0.15, 0.2) is 0 Å². The molecule has 2 rings (SSSR count). The maximum Gasteiger partial charge on any atom is 0.158 e. The molecule has 2 N–H and O–H groups in total. The molecule has 0 aromatic heterocycles. The lowest BCUT2D eigenvalue weighted by molar-refractivity contribution is -0.268. The van der Waals surface area contributed by atoms with E-state index < -0.39 is 12.2 Å². The summed E-state index contributed by atoms with van der Waals surface area (Å²) in [6, 6.07) is 0. The van der Waals surface area contributed by atoms with Gasteiger partial charge in [0.25, 0.3) is 0 Å². The molecule has 2 heterocycles. The van der Waals surface area contributed by atoms with Gasteiger partial charge in [-0.3, -0.25) is 0 Å². The lowest BCUT2D eigenvalue weighted by Gasteiger charge is -2.40. The second-order valence-electron chi connectivity index (χ2n) is 5.44.